The van der Waals surface area contributed by atoms with Crippen molar-refractivity contribution in [3.8, 4) is 0 Å². The van der Waals surface area contributed by atoms with Crippen LogP contribution in [0.4, 0.5) is 5.69 Å². The number of rotatable bonds is 2. The zero-order chi connectivity index (χ0) is 13.2. The van der Waals surface area contributed by atoms with Gasteiger partial charge in [0.05, 0.1) is 11.2 Å². The molecule has 1 aliphatic carbocycles. The molecule has 0 unspecified atom stereocenters. The van der Waals surface area contributed by atoms with E-state index in [0.29, 0.717) is 11.3 Å². The third-order valence-corrected chi connectivity index (χ3v) is 3.25. The highest BCUT2D eigenvalue weighted by Gasteiger charge is 2.13. The summed E-state index contributed by atoms with van der Waals surface area (Å²) >= 11 is 0. The van der Waals surface area contributed by atoms with Crippen LogP contribution < -0.4 is 5.73 Å². The van der Waals surface area contributed by atoms with Crippen molar-refractivity contribution < 1.29 is 4.79 Å². The summed E-state index contributed by atoms with van der Waals surface area (Å²) in [5.74, 6) is 0.0217. The van der Waals surface area contributed by atoms with Crippen LogP contribution in [0.3, 0.4) is 0 Å². The number of ketones is 1. The van der Waals surface area contributed by atoms with Gasteiger partial charge in [0, 0.05) is 22.7 Å². The van der Waals surface area contributed by atoms with E-state index in [-0.39, 0.29) is 5.78 Å². The Hall–Kier alpha value is -2.42. The number of Topliss-reactive ketones (excluding diaryl/α,β-unsaturated/α-hetero) is 1. The van der Waals surface area contributed by atoms with Gasteiger partial charge in [-0.25, -0.2) is 0 Å². The molecule has 0 radical (unpaired) electrons. The van der Waals surface area contributed by atoms with Gasteiger partial charge in [-0.2, -0.15) is 0 Å². The molecule has 0 saturated heterocycles. The third kappa shape index (κ3) is 2.15. The van der Waals surface area contributed by atoms with Crippen molar-refractivity contribution in [1.29, 1.82) is 0 Å². The Morgan fingerprint density at radius 1 is 1.26 bits per heavy atom. The van der Waals surface area contributed by atoms with Crippen LogP contribution >= 0.6 is 0 Å². The second-order valence-corrected chi connectivity index (χ2v) is 4.61. The maximum absolute atomic E-state index is 12.4. The minimum Gasteiger partial charge on any atom is -0.397 e. The molecule has 2 aromatic rings. The van der Waals surface area contributed by atoms with Crippen molar-refractivity contribution in [3.05, 3.63) is 59.8 Å². The first-order chi connectivity index (χ1) is 9.25. The van der Waals surface area contributed by atoms with Gasteiger partial charge in [-0.15, -0.1) is 0 Å². The lowest BCUT2D eigenvalue weighted by molar-refractivity contribution is 0.103. The van der Waals surface area contributed by atoms with Gasteiger partial charge in [-0.05, 0) is 31.0 Å². The maximum atomic E-state index is 12.4. The molecule has 0 fully saturated rings. The summed E-state index contributed by atoms with van der Waals surface area (Å²) in [4.78, 5) is 16.6. The summed E-state index contributed by atoms with van der Waals surface area (Å²) in [5, 5.41) is 0.895. The molecule has 3 nitrogen and oxygen atoms in total. The number of allylic oxidation sites excluding steroid dienone is 4. The number of carbonyl (C=O) groups excluding carboxylic acids is 1. The van der Waals surface area contributed by atoms with Gasteiger partial charge in [-0.1, -0.05) is 24.3 Å². The number of anilines is 1. The van der Waals surface area contributed by atoms with E-state index in [9.17, 15) is 4.79 Å². The van der Waals surface area contributed by atoms with Crippen LogP contribution in [0, 0.1) is 0 Å². The number of fused-ring (bicyclic) bond motifs is 1. The summed E-state index contributed by atoms with van der Waals surface area (Å²) in [7, 11) is 0. The molecule has 3 heteroatoms. The Labute approximate surface area is 111 Å². The standard InChI is InChI=1S/C16H14N2O/c17-14-10-13(9-12-7-4-8-18-15(12)14)16(19)11-5-2-1-3-6-11/h2,4-10H,1,3,17H2. The Balaban J connectivity index is 2.08. The van der Waals surface area contributed by atoms with Gasteiger partial charge >= 0.3 is 0 Å². The van der Waals surface area contributed by atoms with E-state index in [0.717, 1.165) is 29.3 Å². The van der Waals surface area contributed by atoms with Gasteiger partial charge < -0.3 is 5.73 Å². The number of nitrogens with two attached hydrogens (primary N) is 1. The molecule has 0 aliphatic heterocycles. The number of benzene rings is 1. The highest BCUT2D eigenvalue weighted by Crippen LogP contribution is 2.23. The molecule has 1 aromatic carbocycles. The molecule has 0 saturated carbocycles. The van der Waals surface area contributed by atoms with E-state index in [1.54, 1.807) is 12.3 Å². The molecule has 2 N–H and O–H groups in total. The molecular weight excluding hydrogens is 236 g/mol. The van der Waals surface area contributed by atoms with Crippen molar-refractivity contribution in [2.75, 3.05) is 5.73 Å². The summed E-state index contributed by atoms with van der Waals surface area (Å²) in [6, 6.07) is 7.32. The topological polar surface area (TPSA) is 56.0 Å². The Morgan fingerprint density at radius 2 is 2.16 bits per heavy atom. The smallest absolute Gasteiger partial charge is 0.192 e. The average molecular weight is 250 g/mol. The highest BCUT2D eigenvalue weighted by atomic mass is 16.1. The first-order valence-corrected chi connectivity index (χ1v) is 6.31. The molecular formula is C16H14N2O. The van der Waals surface area contributed by atoms with Crippen LogP contribution in [0.2, 0.25) is 0 Å². The highest BCUT2D eigenvalue weighted by molar-refractivity contribution is 6.13. The molecule has 1 aliphatic rings. The quantitative estimate of drug-likeness (QED) is 0.657. The number of pyridine rings is 1. The summed E-state index contributed by atoms with van der Waals surface area (Å²) in [6.45, 7) is 0. The van der Waals surface area contributed by atoms with Gasteiger partial charge in [0.15, 0.2) is 5.78 Å². The van der Waals surface area contributed by atoms with E-state index in [4.69, 9.17) is 5.73 Å². The molecule has 0 atom stereocenters. The fraction of sp³-hybridized carbons (Fsp3) is 0.125. The second-order valence-electron chi connectivity index (χ2n) is 4.61. The lowest BCUT2D eigenvalue weighted by Crippen LogP contribution is -2.04. The van der Waals surface area contributed by atoms with E-state index in [1.807, 2.05) is 36.4 Å². The monoisotopic (exact) mass is 250 g/mol. The number of hydrogen-bond acceptors (Lipinski definition) is 3. The maximum Gasteiger partial charge on any atom is 0.192 e. The molecule has 1 heterocycles. The molecule has 0 spiro atoms. The largest absolute Gasteiger partial charge is 0.397 e. The molecule has 1 aromatic heterocycles. The van der Waals surface area contributed by atoms with Crippen molar-refractivity contribution in [2.24, 2.45) is 0 Å². The zero-order valence-corrected chi connectivity index (χ0v) is 10.5. The number of carbonyl (C=O) groups is 1. The van der Waals surface area contributed by atoms with E-state index in [2.05, 4.69) is 4.98 Å². The van der Waals surface area contributed by atoms with Crippen molar-refractivity contribution >= 4 is 22.4 Å². The van der Waals surface area contributed by atoms with Gasteiger partial charge in [0.1, 0.15) is 0 Å². The molecule has 94 valence electrons. The van der Waals surface area contributed by atoms with Crippen LogP contribution in [0.5, 0.6) is 0 Å². The fourth-order valence-electron chi connectivity index (χ4n) is 2.30. The van der Waals surface area contributed by atoms with Gasteiger partial charge in [0.2, 0.25) is 0 Å². The number of nitrogens with zero attached hydrogens (tertiary/aromatic N) is 1. The molecule has 19 heavy (non-hydrogen) atoms. The molecule has 3 rings (SSSR count). The normalized spacial score (nSPS) is 14.4. The molecule has 0 bridgehead atoms. The van der Waals surface area contributed by atoms with Crippen LogP contribution in [-0.4, -0.2) is 10.8 Å². The average Bonchev–Trinajstić information content (AvgIpc) is 2.47. The number of hydrogen-bond donors (Lipinski definition) is 1. The fourth-order valence-corrected chi connectivity index (χ4v) is 2.30. The number of aromatic nitrogens is 1. The minimum atomic E-state index is 0.0217. The predicted molar refractivity (Wildman–Crippen MR) is 76.9 cm³/mol. The summed E-state index contributed by atoms with van der Waals surface area (Å²) in [5.41, 5.74) is 8.62. The van der Waals surface area contributed by atoms with Crippen molar-refractivity contribution in [3.63, 3.8) is 0 Å². The Kier molecular flexibility index (Phi) is 2.88. The molecule has 0 amide bonds. The van der Waals surface area contributed by atoms with Crippen LogP contribution in [-0.2, 0) is 0 Å². The summed E-state index contributed by atoms with van der Waals surface area (Å²) < 4.78 is 0. The van der Waals surface area contributed by atoms with E-state index in [1.165, 1.54) is 0 Å². The second kappa shape index (κ2) is 4.69. The van der Waals surface area contributed by atoms with E-state index >= 15 is 0 Å². The van der Waals surface area contributed by atoms with Crippen LogP contribution in [0.1, 0.15) is 23.2 Å². The lowest BCUT2D eigenvalue weighted by Gasteiger charge is -2.08. The minimum absolute atomic E-state index is 0.0217. The Morgan fingerprint density at radius 3 is 2.95 bits per heavy atom. The zero-order valence-electron chi connectivity index (χ0n) is 10.5. The van der Waals surface area contributed by atoms with Gasteiger partial charge in [-0.3, -0.25) is 9.78 Å². The lowest BCUT2D eigenvalue weighted by atomic mass is 9.97. The first-order valence-electron chi connectivity index (χ1n) is 6.31. The number of nitrogen functional groups attached to an aromatic ring is 1. The van der Waals surface area contributed by atoms with E-state index < -0.39 is 0 Å². The van der Waals surface area contributed by atoms with Crippen LogP contribution in [0.25, 0.3) is 10.9 Å². The third-order valence-electron chi connectivity index (χ3n) is 3.25. The van der Waals surface area contributed by atoms with Crippen LogP contribution in [0.15, 0.2) is 54.3 Å². The predicted octanol–water partition coefficient (Wildman–Crippen LogP) is 3.28. The summed E-state index contributed by atoms with van der Waals surface area (Å²) in [6.07, 6.45) is 9.51. The van der Waals surface area contributed by atoms with Gasteiger partial charge in [0.25, 0.3) is 0 Å². The Bertz CT molecular complexity index is 714. The van der Waals surface area contributed by atoms with Crippen molar-refractivity contribution in [1.82, 2.24) is 4.98 Å². The SMILES string of the molecule is Nc1cc(C(=O)C2=CCCC=C2)cc2cccnc12. The van der Waals surface area contributed by atoms with Crippen molar-refractivity contribution in [2.45, 2.75) is 12.8 Å². The first kappa shape index (κ1) is 11.7.